The molecule has 0 aliphatic rings. The van der Waals surface area contributed by atoms with E-state index in [0.717, 1.165) is 4.68 Å². The molecule has 0 saturated carbocycles. The molecule has 1 aromatic heterocycles. The topological polar surface area (TPSA) is 30.7 Å². The molecule has 0 aliphatic carbocycles. The molecule has 0 aromatic carbocycles. The highest BCUT2D eigenvalue weighted by Gasteiger charge is 2.41. The van der Waals surface area contributed by atoms with Gasteiger partial charge in [0.05, 0.1) is 0 Å². The monoisotopic (exact) mass is 207 g/mol. The van der Waals surface area contributed by atoms with Crippen LogP contribution < -0.4 is 0 Å². The summed E-state index contributed by atoms with van der Waals surface area (Å²) < 4.78 is 38.5. The van der Waals surface area contributed by atoms with Crippen LogP contribution in [-0.2, 0) is 18.6 Å². The molecule has 0 spiro atoms. The summed E-state index contributed by atoms with van der Waals surface area (Å²) in [7, 11) is 1.24. The summed E-state index contributed by atoms with van der Waals surface area (Å²) in [5.74, 6) is 0. The lowest BCUT2D eigenvalue weighted by molar-refractivity contribution is -0.144. The third kappa shape index (κ3) is 1.88. The van der Waals surface area contributed by atoms with E-state index in [1.165, 1.54) is 7.05 Å². The second-order valence-corrected chi connectivity index (χ2v) is 4.16. The van der Waals surface area contributed by atoms with Gasteiger partial charge in [-0.3, -0.25) is 0 Å². The van der Waals surface area contributed by atoms with Crippen LogP contribution in [0.3, 0.4) is 0 Å². The molecular formula is C8H12F3N3. The highest BCUT2D eigenvalue weighted by atomic mass is 19.4. The second kappa shape index (κ2) is 2.96. The van der Waals surface area contributed by atoms with Crippen molar-refractivity contribution in [2.24, 2.45) is 7.05 Å². The minimum Gasteiger partial charge on any atom is -0.243 e. The molecule has 0 unspecified atom stereocenters. The molecule has 1 heterocycles. The van der Waals surface area contributed by atoms with Crippen molar-refractivity contribution >= 4 is 0 Å². The van der Waals surface area contributed by atoms with E-state index >= 15 is 0 Å². The first-order chi connectivity index (χ1) is 6.14. The van der Waals surface area contributed by atoms with Gasteiger partial charge in [0, 0.05) is 12.5 Å². The maximum absolute atomic E-state index is 12.6. The van der Waals surface area contributed by atoms with E-state index < -0.39 is 17.3 Å². The molecule has 0 amide bonds. The Bertz CT molecular complexity index is 333. The van der Waals surface area contributed by atoms with E-state index in [1.807, 2.05) is 0 Å². The summed E-state index contributed by atoms with van der Waals surface area (Å²) in [5.41, 5.74) is -1.45. The Hall–Kier alpha value is -1.07. The largest absolute Gasteiger partial charge is 0.434 e. The van der Waals surface area contributed by atoms with Crippen LogP contribution in [0.5, 0.6) is 0 Å². The zero-order valence-corrected chi connectivity index (χ0v) is 8.48. The molecule has 3 nitrogen and oxygen atoms in total. The summed E-state index contributed by atoms with van der Waals surface area (Å²) in [6.07, 6.45) is -4.40. The second-order valence-electron chi connectivity index (χ2n) is 4.16. The number of hydrogen-bond donors (Lipinski definition) is 0. The smallest absolute Gasteiger partial charge is 0.243 e. The molecule has 0 fully saturated rings. The van der Waals surface area contributed by atoms with Gasteiger partial charge in [0.1, 0.15) is 5.69 Å². The Balaban J connectivity index is 3.35. The summed E-state index contributed by atoms with van der Waals surface area (Å²) in [6.45, 7) is 5.02. The third-order valence-electron chi connectivity index (χ3n) is 1.81. The van der Waals surface area contributed by atoms with Crippen molar-refractivity contribution in [3.05, 3.63) is 11.4 Å². The SMILES string of the molecule is Cn1nnc(C(C)(C)C)c1C(F)(F)F. The maximum atomic E-state index is 12.6. The average Bonchev–Trinajstić information content (AvgIpc) is 2.27. The van der Waals surface area contributed by atoms with Crippen molar-refractivity contribution in [3.63, 3.8) is 0 Å². The van der Waals surface area contributed by atoms with Crippen LogP contribution in [-0.4, -0.2) is 15.0 Å². The highest BCUT2D eigenvalue weighted by Crippen LogP contribution is 2.35. The van der Waals surface area contributed by atoms with E-state index in [1.54, 1.807) is 20.8 Å². The average molecular weight is 207 g/mol. The van der Waals surface area contributed by atoms with E-state index in [4.69, 9.17) is 0 Å². The van der Waals surface area contributed by atoms with Crippen LogP contribution in [0.4, 0.5) is 13.2 Å². The molecule has 0 bridgehead atoms. The lowest BCUT2D eigenvalue weighted by Crippen LogP contribution is -2.21. The first kappa shape index (κ1) is 11.0. The predicted octanol–water partition coefficient (Wildman–Crippen LogP) is 2.13. The molecule has 14 heavy (non-hydrogen) atoms. The van der Waals surface area contributed by atoms with Gasteiger partial charge in [0.25, 0.3) is 0 Å². The van der Waals surface area contributed by atoms with Gasteiger partial charge in [-0.25, -0.2) is 4.68 Å². The zero-order valence-electron chi connectivity index (χ0n) is 8.48. The van der Waals surface area contributed by atoms with Crippen LogP contribution in [0.1, 0.15) is 32.2 Å². The summed E-state index contributed by atoms with van der Waals surface area (Å²) in [4.78, 5) is 0. The lowest BCUT2D eigenvalue weighted by Gasteiger charge is -2.18. The predicted molar refractivity (Wildman–Crippen MR) is 44.7 cm³/mol. The first-order valence-corrected chi connectivity index (χ1v) is 4.11. The number of nitrogens with zero attached hydrogens (tertiary/aromatic N) is 3. The maximum Gasteiger partial charge on any atom is 0.434 e. The van der Waals surface area contributed by atoms with Crippen molar-refractivity contribution in [3.8, 4) is 0 Å². The molecule has 0 atom stereocenters. The van der Waals surface area contributed by atoms with Crippen LogP contribution in [0.25, 0.3) is 0 Å². The van der Waals surface area contributed by atoms with Gasteiger partial charge in [-0.05, 0) is 0 Å². The van der Waals surface area contributed by atoms with Crippen molar-refractivity contribution in [2.45, 2.75) is 32.4 Å². The van der Waals surface area contributed by atoms with E-state index in [0.29, 0.717) is 0 Å². The fraction of sp³-hybridized carbons (Fsp3) is 0.750. The summed E-state index contributed by atoms with van der Waals surface area (Å²) >= 11 is 0. The quantitative estimate of drug-likeness (QED) is 0.652. The number of hydrogen-bond acceptors (Lipinski definition) is 2. The number of alkyl halides is 3. The van der Waals surface area contributed by atoms with Gasteiger partial charge in [0.15, 0.2) is 5.69 Å². The Morgan fingerprint density at radius 2 is 1.64 bits per heavy atom. The van der Waals surface area contributed by atoms with E-state index in [2.05, 4.69) is 10.3 Å². The van der Waals surface area contributed by atoms with Gasteiger partial charge in [-0.2, -0.15) is 13.2 Å². The Labute approximate surface area is 79.9 Å². The van der Waals surface area contributed by atoms with Crippen LogP contribution >= 0.6 is 0 Å². The zero-order chi connectivity index (χ0) is 11.1. The highest BCUT2D eigenvalue weighted by molar-refractivity contribution is 5.21. The summed E-state index contributed by atoms with van der Waals surface area (Å²) in [6, 6.07) is 0. The van der Waals surface area contributed by atoms with Crippen molar-refractivity contribution < 1.29 is 13.2 Å². The molecular weight excluding hydrogens is 195 g/mol. The van der Waals surface area contributed by atoms with Crippen LogP contribution in [0.2, 0.25) is 0 Å². The van der Waals surface area contributed by atoms with E-state index in [-0.39, 0.29) is 5.69 Å². The fourth-order valence-corrected chi connectivity index (χ4v) is 1.18. The van der Waals surface area contributed by atoms with Gasteiger partial charge in [0.2, 0.25) is 0 Å². The Morgan fingerprint density at radius 3 is 1.93 bits per heavy atom. The van der Waals surface area contributed by atoms with Crippen molar-refractivity contribution in [1.82, 2.24) is 15.0 Å². The third-order valence-corrected chi connectivity index (χ3v) is 1.81. The molecule has 0 N–H and O–H groups in total. The minimum atomic E-state index is -4.40. The van der Waals surface area contributed by atoms with Crippen LogP contribution in [0.15, 0.2) is 0 Å². The molecule has 0 saturated heterocycles. The number of aryl methyl sites for hydroxylation is 1. The Kier molecular flexibility index (Phi) is 2.33. The molecule has 0 radical (unpaired) electrons. The molecule has 1 aromatic rings. The lowest BCUT2D eigenvalue weighted by atomic mass is 9.90. The first-order valence-electron chi connectivity index (χ1n) is 4.11. The molecule has 80 valence electrons. The van der Waals surface area contributed by atoms with Crippen LogP contribution in [0, 0.1) is 0 Å². The van der Waals surface area contributed by atoms with Gasteiger partial charge >= 0.3 is 6.18 Å². The summed E-state index contributed by atoms with van der Waals surface area (Å²) in [5, 5.41) is 6.94. The number of rotatable bonds is 0. The molecule has 0 aliphatic heterocycles. The molecule has 1 rings (SSSR count). The minimum absolute atomic E-state index is 0.0208. The Morgan fingerprint density at radius 1 is 1.14 bits per heavy atom. The fourth-order valence-electron chi connectivity index (χ4n) is 1.18. The van der Waals surface area contributed by atoms with Gasteiger partial charge in [-0.1, -0.05) is 26.0 Å². The standard InChI is InChI=1S/C8H12F3N3/c1-7(2,3)5-6(8(9,10)11)14(4)13-12-5/h1-4H3. The number of halogens is 3. The van der Waals surface area contributed by atoms with Crippen molar-refractivity contribution in [1.29, 1.82) is 0 Å². The van der Waals surface area contributed by atoms with Gasteiger partial charge in [-0.15, -0.1) is 5.10 Å². The van der Waals surface area contributed by atoms with Gasteiger partial charge < -0.3 is 0 Å². The van der Waals surface area contributed by atoms with Crippen molar-refractivity contribution in [2.75, 3.05) is 0 Å². The molecule has 6 heteroatoms. The normalized spacial score (nSPS) is 13.4. The van der Waals surface area contributed by atoms with E-state index in [9.17, 15) is 13.2 Å². The number of aromatic nitrogens is 3.